The van der Waals surface area contributed by atoms with Crippen LogP contribution in [0.15, 0.2) is 43.1 Å². The quantitative estimate of drug-likeness (QED) is 0.684. The fourth-order valence-electron chi connectivity index (χ4n) is 4.68. The molecule has 0 aliphatic carbocycles. The molecule has 3 aromatic rings. The molecule has 2 fully saturated rings. The number of hydrogen-bond acceptors (Lipinski definition) is 7. The second kappa shape index (κ2) is 7.02. The normalized spacial score (nSPS) is 27.9. The van der Waals surface area contributed by atoms with Crippen molar-refractivity contribution in [2.24, 2.45) is 0 Å². The molecule has 0 spiro atoms. The predicted molar refractivity (Wildman–Crippen MR) is 110 cm³/mol. The lowest BCUT2D eigenvalue weighted by molar-refractivity contribution is 0.111. The first-order chi connectivity index (χ1) is 14.4. The Morgan fingerprint density at radius 2 is 2.20 bits per heavy atom. The molecule has 2 aliphatic heterocycles. The van der Waals surface area contributed by atoms with Gasteiger partial charge in [0.1, 0.15) is 17.6 Å². The molecule has 30 heavy (non-hydrogen) atoms. The van der Waals surface area contributed by atoms with Gasteiger partial charge in [-0.25, -0.2) is 14.4 Å². The zero-order valence-electron chi connectivity index (χ0n) is 16.9. The van der Waals surface area contributed by atoms with Crippen LogP contribution in [0.3, 0.4) is 0 Å². The predicted octanol–water partition coefficient (Wildman–Crippen LogP) is 2.49. The van der Waals surface area contributed by atoms with E-state index in [9.17, 15) is 5.11 Å². The summed E-state index contributed by atoms with van der Waals surface area (Å²) in [5.74, 6) is 0.455. The number of phenolic OH excluding ortho intramolecular Hbond substituents is 1. The van der Waals surface area contributed by atoms with Crippen molar-refractivity contribution in [3.8, 4) is 22.7 Å². The van der Waals surface area contributed by atoms with Gasteiger partial charge in [-0.1, -0.05) is 0 Å². The van der Waals surface area contributed by atoms with Crippen molar-refractivity contribution < 1.29 is 9.50 Å². The second-order valence-corrected chi connectivity index (χ2v) is 8.43. The summed E-state index contributed by atoms with van der Waals surface area (Å²) in [6.07, 6.45) is 8.24. The standard InChI is InChI=1S/C21H24FN7O/c1-21-6-5-13(25-21)9-17(19(21)22)28(2)20-24-11-16(26-27-20)15-4-3-14(10-18(15)30)29-8-7-23-12-29/h3-4,7-8,10-13,17,19,25,30H,5-6,9H2,1-2H3/t13?,17-,19-,21+/m1/s1. The highest BCUT2D eigenvalue weighted by Gasteiger charge is 2.51. The van der Waals surface area contributed by atoms with Crippen LogP contribution in [0.4, 0.5) is 10.3 Å². The molecule has 2 aromatic heterocycles. The van der Waals surface area contributed by atoms with E-state index in [0.717, 1.165) is 24.9 Å². The van der Waals surface area contributed by atoms with Crippen molar-refractivity contribution in [3.05, 3.63) is 43.1 Å². The average Bonchev–Trinajstić information content (AvgIpc) is 3.40. The topological polar surface area (TPSA) is 92.0 Å². The number of halogens is 1. The fraction of sp³-hybridized carbons (Fsp3) is 0.429. The van der Waals surface area contributed by atoms with Gasteiger partial charge in [-0.05, 0) is 38.3 Å². The maximum Gasteiger partial charge on any atom is 0.245 e. The Hall–Kier alpha value is -3.07. The van der Waals surface area contributed by atoms with Crippen LogP contribution < -0.4 is 10.2 Å². The first-order valence-corrected chi connectivity index (χ1v) is 10.1. The Bertz CT molecular complexity index is 1040. The van der Waals surface area contributed by atoms with Crippen LogP contribution in [-0.2, 0) is 0 Å². The summed E-state index contributed by atoms with van der Waals surface area (Å²) in [4.78, 5) is 10.2. The van der Waals surface area contributed by atoms with Crippen molar-refractivity contribution >= 4 is 5.95 Å². The lowest BCUT2D eigenvalue weighted by atomic mass is 9.86. The van der Waals surface area contributed by atoms with Gasteiger partial charge in [-0.3, -0.25) is 0 Å². The van der Waals surface area contributed by atoms with Crippen LogP contribution >= 0.6 is 0 Å². The molecule has 4 heterocycles. The lowest BCUT2D eigenvalue weighted by Gasteiger charge is -2.43. The van der Waals surface area contributed by atoms with Crippen LogP contribution in [0, 0.1) is 0 Å². The van der Waals surface area contributed by atoms with Gasteiger partial charge in [0.05, 0.1) is 24.3 Å². The van der Waals surface area contributed by atoms with Crippen molar-refractivity contribution in [2.75, 3.05) is 11.9 Å². The number of nitrogens with one attached hydrogen (secondary N) is 1. The van der Waals surface area contributed by atoms with E-state index >= 15 is 4.39 Å². The third-order valence-electron chi connectivity index (χ3n) is 6.44. The van der Waals surface area contributed by atoms with Crippen LogP contribution in [0.2, 0.25) is 0 Å². The van der Waals surface area contributed by atoms with E-state index < -0.39 is 11.7 Å². The van der Waals surface area contributed by atoms with Crippen LogP contribution in [0.5, 0.6) is 5.75 Å². The molecule has 2 N–H and O–H groups in total. The van der Waals surface area contributed by atoms with Gasteiger partial charge in [-0.15, -0.1) is 10.2 Å². The van der Waals surface area contributed by atoms with Gasteiger partial charge in [0.15, 0.2) is 0 Å². The molecule has 0 radical (unpaired) electrons. The van der Waals surface area contributed by atoms with Gasteiger partial charge in [-0.2, -0.15) is 0 Å². The number of aromatic nitrogens is 5. The van der Waals surface area contributed by atoms with E-state index in [1.807, 2.05) is 20.0 Å². The van der Waals surface area contributed by atoms with E-state index in [1.165, 1.54) is 0 Å². The Labute approximate surface area is 173 Å². The molecule has 2 saturated heterocycles. The fourth-order valence-corrected chi connectivity index (χ4v) is 4.68. The van der Waals surface area contributed by atoms with E-state index in [4.69, 9.17) is 0 Å². The minimum Gasteiger partial charge on any atom is -0.507 e. The highest BCUT2D eigenvalue weighted by atomic mass is 19.1. The summed E-state index contributed by atoms with van der Waals surface area (Å²) < 4.78 is 17.0. The summed E-state index contributed by atoms with van der Waals surface area (Å²) in [5, 5.41) is 22.3. The zero-order chi connectivity index (χ0) is 20.9. The van der Waals surface area contributed by atoms with Gasteiger partial charge in [0, 0.05) is 42.7 Å². The summed E-state index contributed by atoms with van der Waals surface area (Å²) in [6.45, 7) is 1.95. The number of fused-ring (bicyclic) bond motifs is 2. The number of piperidine rings is 1. The number of rotatable bonds is 4. The first-order valence-electron chi connectivity index (χ1n) is 10.1. The van der Waals surface area contributed by atoms with Crippen molar-refractivity contribution in [1.82, 2.24) is 30.0 Å². The monoisotopic (exact) mass is 409 g/mol. The van der Waals surface area contributed by atoms with E-state index in [1.54, 1.807) is 46.5 Å². The molecule has 1 aromatic carbocycles. The summed E-state index contributed by atoms with van der Waals surface area (Å²) >= 11 is 0. The summed E-state index contributed by atoms with van der Waals surface area (Å²) in [5.41, 5.74) is 1.28. The molecule has 2 bridgehead atoms. The molecular formula is C21H24FN7O. The van der Waals surface area contributed by atoms with E-state index in [0.29, 0.717) is 23.2 Å². The Kier molecular flexibility index (Phi) is 4.43. The Balaban J connectivity index is 1.37. The van der Waals surface area contributed by atoms with Crippen LogP contribution in [0.1, 0.15) is 26.2 Å². The maximum absolute atomic E-state index is 15.2. The van der Waals surface area contributed by atoms with Gasteiger partial charge in [0.2, 0.25) is 5.95 Å². The molecule has 156 valence electrons. The van der Waals surface area contributed by atoms with E-state index in [-0.39, 0.29) is 11.8 Å². The highest BCUT2D eigenvalue weighted by Crippen LogP contribution is 2.39. The smallest absolute Gasteiger partial charge is 0.245 e. The van der Waals surface area contributed by atoms with Gasteiger partial charge < -0.3 is 19.9 Å². The molecule has 2 aliphatic rings. The number of nitrogens with zero attached hydrogens (tertiary/aromatic N) is 6. The third-order valence-corrected chi connectivity index (χ3v) is 6.44. The van der Waals surface area contributed by atoms with Crippen molar-refractivity contribution in [3.63, 3.8) is 0 Å². The summed E-state index contributed by atoms with van der Waals surface area (Å²) in [7, 11) is 1.82. The number of phenols is 1. The molecule has 5 rings (SSSR count). The minimum absolute atomic E-state index is 0.0741. The maximum atomic E-state index is 15.2. The lowest BCUT2D eigenvalue weighted by Crippen LogP contribution is -2.62. The van der Waals surface area contributed by atoms with Crippen molar-refractivity contribution in [1.29, 1.82) is 0 Å². The number of aromatic hydroxyl groups is 1. The molecular weight excluding hydrogens is 385 g/mol. The SMILES string of the molecule is CN(c1ncc(-c2ccc(-n3ccnc3)cc2O)nn1)[C@@H]1CC2CC[C@](C)(N2)[C@@H]1F. The second-order valence-electron chi connectivity index (χ2n) is 8.43. The molecule has 4 atom stereocenters. The summed E-state index contributed by atoms with van der Waals surface area (Å²) in [6, 6.07) is 5.30. The number of anilines is 1. The molecule has 9 heteroatoms. The van der Waals surface area contributed by atoms with Crippen molar-refractivity contribution in [2.45, 2.75) is 50.0 Å². The largest absolute Gasteiger partial charge is 0.507 e. The average molecular weight is 409 g/mol. The number of hydrogen-bond donors (Lipinski definition) is 2. The van der Waals surface area contributed by atoms with E-state index in [2.05, 4.69) is 25.5 Å². The first kappa shape index (κ1) is 18.9. The Morgan fingerprint density at radius 1 is 1.33 bits per heavy atom. The molecule has 0 amide bonds. The minimum atomic E-state index is -1.01. The van der Waals surface area contributed by atoms with Crippen LogP contribution in [-0.4, -0.2) is 60.7 Å². The number of imidazole rings is 1. The van der Waals surface area contributed by atoms with Gasteiger partial charge in [0.25, 0.3) is 0 Å². The Morgan fingerprint density at radius 3 is 2.90 bits per heavy atom. The zero-order valence-corrected chi connectivity index (χ0v) is 16.9. The molecule has 8 nitrogen and oxygen atoms in total. The highest BCUT2D eigenvalue weighted by molar-refractivity contribution is 5.68. The van der Waals surface area contributed by atoms with Gasteiger partial charge >= 0.3 is 0 Å². The number of benzene rings is 1. The molecule has 0 saturated carbocycles. The van der Waals surface area contributed by atoms with Crippen LogP contribution in [0.25, 0.3) is 16.9 Å². The number of alkyl halides is 1. The third kappa shape index (κ3) is 3.09. The molecule has 1 unspecified atom stereocenters.